The summed E-state index contributed by atoms with van der Waals surface area (Å²) in [5.74, 6) is -0.141. The molecule has 16 heavy (non-hydrogen) atoms. The summed E-state index contributed by atoms with van der Waals surface area (Å²) < 4.78 is 5.20. The molecule has 0 aromatic heterocycles. The first-order chi connectivity index (χ1) is 7.46. The fraction of sp³-hybridized carbons (Fsp3) is 0.917. The molecule has 0 aliphatic heterocycles. The van der Waals surface area contributed by atoms with Crippen LogP contribution in [0.5, 0.6) is 0 Å². The number of amides is 1. The Balaban J connectivity index is 2.45. The fourth-order valence-electron chi connectivity index (χ4n) is 2.04. The molecule has 0 aromatic rings. The minimum absolute atomic E-state index is 0.141. The van der Waals surface area contributed by atoms with Crippen molar-refractivity contribution >= 4 is 5.91 Å². The zero-order valence-corrected chi connectivity index (χ0v) is 10.5. The van der Waals surface area contributed by atoms with Crippen LogP contribution in [0.25, 0.3) is 0 Å². The van der Waals surface area contributed by atoms with Gasteiger partial charge in [0.1, 0.15) is 5.60 Å². The average molecular weight is 229 g/mol. The van der Waals surface area contributed by atoms with Crippen molar-refractivity contribution in [1.82, 2.24) is 5.32 Å². The third-order valence-corrected chi connectivity index (χ3v) is 3.72. The Bertz CT molecular complexity index is 243. The van der Waals surface area contributed by atoms with Gasteiger partial charge in [-0.3, -0.25) is 4.79 Å². The lowest BCUT2D eigenvalue weighted by Crippen LogP contribution is -2.50. The molecule has 2 N–H and O–H groups in total. The van der Waals surface area contributed by atoms with Gasteiger partial charge in [0, 0.05) is 13.7 Å². The molecule has 1 amide bonds. The van der Waals surface area contributed by atoms with Gasteiger partial charge in [-0.25, -0.2) is 0 Å². The summed E-state index contributed by atoms with van der Waals surface area (Å²) in [6.07, 6.45) is 4.27. The van der Waals surface area contributed by atoms with Crippen LogP contribution in [0.3, 0.4) is 0 Å². The van der Waals surface area contributed by atoms with Gasteiger partial charge in [0.2, 0.25) is 0 Å². The lowest BCUT2D eigenvalue weighted by Gasteiger charge is -2.28. The van der Waals surface area contributed by atoms with Gasteiger partial charge < -0.3 is 15.2 Å². The summed E-state index contributed by atoms with van der Waals surface area (Å²) in [6, 6.07) is 0. The Morgan fingerprint density at radius 3 is 2.50 bits per heavy atom. The summed E-state index contributed by atoms with van der Waals surface area (Å²) in [4.78, 5) is 11.9. The quantitative estimate of drug-likeness (QED) is 0.745. The Morgan fingerprint density at radius 1 is 1.50 bits per heavy atom. The van der Waals surface area contributed by atoms with Gasteiger partial charge in [0.15, 0.2) is 0 Å². The van der Waals surface area contributed by atoms with Crippen molar-refractivity contribution in [2.24, 2.45) is 0 Å². The SMILES string of the molecule is CCC(C)(OC)C(=O)NCC1(O)CCCC1. The summed E-state index contributed by atoms with van der Waals surface area (Å²) in [6.45, 7) is 4.01. The molecule has 1 aliphatic carbocycles. The molecular formula is C12H23NO3. The molecule has 4 heteroatoms. The van der Waals surface area contributed by atoms with Gasteiger partial charge in [0.05, 0.1) is 5.60 Å². The highest BCUT2D eigenvalue weighted by molar-refractivity contribution is 5.84. The van der Waals surface area contributed by atoms with Crippen LogP contribution in [0, 0.1) is 0 Å². The van der Waals surface area contributed by atoms with E-state index in [0.717, 1.165) is 25.7 Å². The number of carbonyl (C=O) groups excluding carboxylic acids is 1. The molecule has 1 rings (SSSR count). The van der Waals surface area contributed by atoms with Crippen molar-refractivity contribution in [1.29, 1.82) is 0 Å². The molecule has 0 radical (unpaired) electrons. The molecule has 1 fully saturated rings. The van der Waals surface area contributed by atoms with E-state index in [1.807, 2.05) is 6.92 Å². The summed E-state index contributed by atoms with van der Waals surface area (Å²) in [7, 11) is 1.54. The predicted octanol–water partition coefficient (Wildman–Crippen LogP) is 1.22. The molecule has 94 valence electrons. The fourth-order valence-corrected chi connectivity index (χ4v) is 2.04. The van der Waals surface area contributed by atoms with E-state index >= 15 is 0 Å². The first kappa shape index (κ1) is 13.5. The average Bonchev–Trinajstić information content (AvgIpc) is 2.72. The van der Waals surface area contributed by atoms with Gasteiger partial charge in [-0.05, 0) is 26.2 Å². The first-order valence-electron chi connectivity index (χ1n) is 6.01. The smallest absolute Gasteiger partial charge is 0.252 e. The second-order valence-electron chi connectivity index (χ2n) is 4.90. The van der Waals surface area contributed by atoms with Crippen LogP contribution in [-0.4, -0.2) is 35.9 Å². The summed E-state index contributed by atoms with van der Waals surface area (Å²) in [5.41, 5.74) is -1.48. The Hall–Kier alpha value is -0.610. The molecule has 0 spiro atoms. The summed E-state index contributed by atoms with van der Waals surface area (Å²) in [5, 5.41) is 12.9. The second kappa shape index (κ2) is 5.15. The number of carbonyl (C=O) groups is 1. The normalized spacial score (nSPS) is 22.8. The van der Waals surface area contributed by atoms with E-state index in [0.29, 0.717) is 13.0 Å². The summed E-state index contributed by atoms with van der Waals surface area (Å²) >= 11 is 0. The van der Waals surface area contributed by atoms with Gasteiger partial charge in [-0.15, -0.1) is 0 Å². The van der Waals surface area contributed by atoms with E-state index in [9.17, 15) is 9.90 Å². The number of ether oxygens (including phenoxy) is 1. The number of nitrogens with one attached hydrogen (secondary N) is 1. The van der Waals surface area contributed by atoms with E-state index in [1.165, 1.54) is 7.11 Å². The molecule has 0 aromatic carbocycles. The predicted molar refractivity (Wildman–Crippen MR) is 62.1 cm³/mol. The Morgan fingerprint density at radius 2 is 2.06 bits per heavy atom. The van der Waals surface area contributed by atoms with Gasteiger partial charge in [0.25, 0.3) is 5.91 Å². The van der Waals surface area contributed by atoms with E-state index in [-0.39, 0.29) is 5.91 Å². The topological polar surface area (TPSA) is 58.6 Å². The minimum Gasteiger partial charge on any atom is -0.388 e. The molecule has 0 heterocycles. The largest absolute Gasteiger partial charge is 0.388 e. The van der Waals surface area contributed by atoms with Crippen molar-refractivity contribution in [3.05, 3.63) is 0 Å². The second-order valence-corrected chi connectivity index (χ2v) is 4.90. The van der Waals surface area contributed by atoms with E-state index < -0.39 is 11.2 Å². The van der Waals surface area contributed by atoms with E-state index in [1.54, 1.807) is 6.92 Å². The molecule has 1 aliphatic rings. The Kier molecular flexibility index (Phi) is 4.33. The van der Waals surface area contributed by atoms with E-state index in [4.69, 9.17) is 4.74 Å². The minimum atomic E-state index is -0.783. The monoisotopic (exact) mass is 229 g/mol. The Labute approximate surface area is 97.4 Å². The van der Waals surface area contributed by atoms with Crippen LogP contribution in [-0.2, 0) is 9.53 Å². The number of hydrogen-bond donors (Lipinski definition) is 2. The van der Waals surface area contributed by atoms with Crippen molar-refractivity contribution in [2.45, 2.75) is 57.2 Å². The van der Waals surface area contributed by atoms with Crippen LogP contribution >= 0.6 is 0 Å². The van der Waals surface area contributed by atoms with Gasteiger partial charge in [-0.2, -0.15) is 0 Å². The molecule has 0 bridgehead atoms. The molecule has 1 unspecified atom stereocenters. The van der Waals surface area contributed by atoms with Crippen LogP contribution in [0.4, 0.5) is 0 Å². The number of aliphatic hydroxyl groups is 1. The number of hydrogen-bond acceptors (Lipinski definition) is 3. The first-order valence-corrected chi connectivity index (χ1v) is 6.01. The molecule has 1 atom stereocenters. The van der Waals surface area contributed by atoms with Crippen molar-refractivity contribution in [2.75, 3.05) is 13.7 Å². The highest BCUT2D eigenvalue weighted by Gasteiger charge is 2.35. The molecule has 4 nitrogen and oxygen atoms in total. The maximum atomic E-state index is 11.9. The zero-order chi connectivity index (χ0) is 12.2. The van der Waals surface area contributed by atoms with Crippen LogP contribution in [0.15, 0.2) is 0 Å². The third-order valence-electron chi connectivity index (χ3n) is 3.72. The van der Waals surface area contributed by atoms with Crippen LogP contribution in [0.1, 0.15) is 46.0 Å². The molecule has 0 saturated heterocycles. The maximum absolute atomic E-state index is 11.9. The van der Waals surface area contributed by atoms with Crippen molar-refractivity contribution < 1.29 is 14.6 Å². The molecular weight excluding hydrogens is 206 g/mol. The van der Waals surface area contributed by atoms with Crippen molar-refractivity contribution in [3.63, 3.8) is 0 Å². The number of rotatable bonds is 5. The lowest BCUT2D eigenvalue weighted by atomic mass is 9.99. The molecule has 1 saturated carbocycles. The standard InChI is InChI=1S/C12H23NO3/c1-4-11(2,16-3)10(14)13-9-12(15)7-5-6-8-12/h15H,4-9H2,1-3H3,(H,13,14). The van der Waals surface area contributed by atoms with Crippen molar-refractivity contribution in [3.8, 4) is 0 Å². The maximum Gasteiger partial charge on any atom is 0.252 e. The highest BCUT2D eigenvalue weighted by atomic mass is 16.5. The van der Waals surface area contributed by atoms with E-state index in [2.05, 4.69) is 5.32 Å². The van der Waals surface area contributed by atoms with Crippen LogP contribution < -0.4 is 5.32 Å². The highest BCUT2D eigenvalue weighted by Crippen LogP contribution is 2.28. The lowest BCUT2D eigenvalue weighted by molar-refractivity contribution is -0.143. The zero-order valence-electron chi connectivity index (χ0n) is 10.5. The van der Waals surface area contributed by atoms with Crippen LogP contribution in [0.2, 0.25) is 0 Å². The van der Waals surface area contributed by atoms with Gasteiger partial charge in [-0.1, -0.05) is 19.8 Å². The van der Waals surface area contributed by atoms with Gasteiger partial charge >= 0.3 is 0 Å². The third kappa shape index (κ3) is 2.95. The number of methoxy groups -OCH3 is 1.